The number of carbonyl (C=O) groups is 1. The number of rotatable bonds is 2. The van der Waals surface area contributed by atoms with Gasteiger partial charge in [0.2, 0.25) is 0 Å². The molecule has 0 radical (unpaired) electrons. The first-order valence-electron chi connectivity index (χ1n) is 6.79. The number of ketones is 1. The van der Waals surface area contributed by atoms with Crippen molar-refractivity contribution in [2.45, 2.75) is 24.9 Å². The molecule has 0 bridgehead atoms. The summed E-state index contributed by atoms with van der Waals surface area (Å²) in [6.45, 7) is 0. The van der Waals surface area contributed by atoms with Crippen LogP contribution in [0.25, 0.3) is 0 Å². The van der Waals surface area contributed by atoms with Crippen LogP contribution >= 0.6 is 0 Å². The molecule has 2 aromatic heterocycles. The Balaban J connectivity index is 1.92. The molecule has 0 aromatic carbocycles. The number of carbonyl (C=O) groups excluding carboxylic acids is 1. The minimum absolute atomic E-state index is 0.123. The molecule has 0 amide bonds. The van der Waals surface area contributed by atoms with Crippen LogP contribution in [-0.2, 0) is 4.79 Å². The van der Waals surface area contributed by atoms with E-state index in [-0.39, 0.29) is 12.1 Å². The van der Waals surface area contributed by atoms with Gasteiger partial charge in [0.25, 0.3) is 0 Å². The Labute approximate surface area is 118 Å². The first kappa shape index (κ1) is 12.9. The Hall–Kier alpha value is -2.07. The first-order chi connectivity index (χ1) is 9.75. The maximum atomic E-state index is 12.1. The summed E-state index contributed by atoms with van der Waals surface area (Å²) in [5, 5.41) is 0. The Morgan fingerprint density at radius 3 is 1.70 bits per heavy atom. The van der Waals surface area contributed by atoms with Gasteiger partial charge in [-0.25, -0.2) is 0 Å². The van der Waals surface area contributed by atoms with Gasteiger partial charge in [-0.15, -0.1) is 0 Å². The van der Waals surface area contributed by atoms with Gasteiger partial charge in [-0.3, -0.25) is 19.7 Å². The zero-order valence-electron chi connectivity index (χ0n) is 11.4. The van der Waals surface area contributed by atoms with Crippen molar-refractivity contribution in [3.63, 3.8) is 0 Å². The molecule has 102 valence electrons. The third kappa shape index (κ3) is 2.47. The third-order valence-corrected chi connectivity index (χ3v) is 4.01. The third-order valence-electron chi connectivity index (χ3n) is 4.01. The molecule has 4 nitrogen and oxygen atoms in total. The van der Waals surface area contributed by atoms with Crippen LogP contribution in [0.1, 0.15) is 36.1 Å². The van der Waals surface area contributed by atoms with E-state index in [4.69, 9.17) is 0 Å². The molecule has 20 heavy (non-hydrogen) atoms. The topological polar surface area (TPSA) is 46.1 Å². The second-order valence-electron chi connectivity index (χ2n) is 5.21. The van der Waals surface area contributed by atoms with Gasteiger partial charge in [-0.05, 0) is 42.4 Å². The molecule has 0 aliphatic carbocycles. The Kier molecular flexibility index (Phi) is 3.56. The van der Waals surface area contributed by atoms with Crippen LogP contribution in [0.4, 0.5) is 0 Å². The predicted molar refractivity (Wildman–Crippen MR) is 76.0 cm³/mol. The zero-order chi connectivity index (χ0) is 13.9. The van der Waals surface area contributed by atoms with Gasteiger partial charge in [-0.2, -0.15) is 0 Å². The van der Waals surface area contributed by atoms with Gasteiger partial charge in [-0.1, -0.05) is 0 Å². The molecular weight excluding hydrogens is 250 g/mol. The first-order valence-corrected chi connectivity index (χ1v) is 6.79. The molecule has 3 rings (SSSR count). The summed E-state index contributed by atoms with van der Waals surface area (Å²) >= 11 is 0. The Morgan fingerprint density at radius 1 is 0.900 bits per heavy atom. The molecule has 1 saturated heterocycles. The fourth-order valence-corrected chi connectivity index (χ4v) is 2.90. The number of hydrogen-bond donors (Lipinski definition) is 0. The molecule has 2 atom stereocenters. The van der Waals surface area contributed by atoms with Crippen molar-refractivity contribution in [1.82, 2.24) is 14.9 Å². The molecule has 2 unspecified atom stereocenters. The molecule has 4 heteroatoms. The molecule has 1 fully saturated rings. The molecule has 1 aliphatic heterocycles. The van der Waals surface area contributed by atoms with Gasteiger partial charge in [0.15, 0.2) is 0 Å². The summed E-state index contributed by atoms with van der Waals surface area (Å²) in [7, 11) is 2.09. The SMILES string of the molecule is CN1C(c2ccncc2)CC(=O)CC1c1ccncc1. The van der Waals surface area contributed by atoms with E-state index in [0.29, 0.717) is 18.6 Å². The fourth-order valence-electron chi connectivity index (χ4n) is 2.90. The quantitative estimate of drug-likeness (QED) is 0.839. The highest BCUT2D eigenvalue weighted by Gasteiger charge is 2.33. The second-order valence-corrected chi connectivity index (χ2v) is 5.21. The summed E-state index contributed by atoms with van der Waals surface area (Å²) in [6, 6.07) is 8.20. The van der Waals surface area contributed by atoms with Crippen molar-refractivity contribution in [3.05, 3.63) is 60.2 Å². The molecule has 0 spiro atoms. The summed E-state index contributed by atoms with van der Waals surface area (Å²) in [5.74, 6) is 0.312. The van der Waals surface area contributed by atoms with E-state index in [2.05, 4.69) is 21.9 Å². The van der Waals surface area contributed by atoms with Crippen LogP contribution in [0.5, 0.6) is 0 Å². The van der Waals surface area contributed by atoms with Crippen molar-refractivity contribution >= 4 is 5.78 Å². The summed E-state index contributed by atoms with van der Waals surface area (Å²) < 4.78 is 0. The average molecular weight is 267 g/mol. The largest absolute Gasteiger partial charge is 0.300 e. The van der Waals surface area contributed by atoms with Gasteiger partial charge >= 0.3 is 0 Å². The van der Waals surface area contributed by atoms with Crippen molar-refractivity contribution in [2.24, 2.45) is 0 Å². The summed E-state index contributed by atoms with van der Waals surface area (Å²) in [6.07, 6.45) is 8.27. The van der Waals surface area contributed by atoms with Gasteiger partial charge in [0.05, 0.1) is 0 Å². The monoisotopic (exact) mass is 267 g/mol. The van der Waals surface area contributed by atoms with Gasteiger partial charge in [0.1, 0.15) is 5.78 Å². The number of piperidine rings is 1. The highest BCUT2D eigenvalue weighted by atomic mass is 16.1. The van der Waals surface area contributed by atoms with E-state index in [0.717, 1.165) is 11.1 Å². The van der Waals surface area contributed by atoms with Crippen LogP contribution in [0.3, 0.4) is 0 Å². The lowest BCUT2D eigenvalue weighted by Gasteiger charge is -2.39. The van der Waals surface area contributed by atoms with Crippen LogP contribution in [0.15, 0.2) is 49.1 Å². The Bertz CT molecular complexity index is 534. The second kappa shape index (κ2) is 5.51. The number of aromatic nitrogens is 2. The smallest absolute Gasteiger partial charge is 0.136 e. The lowest BCUT2D eigenvalue weighted by atomic mass is 9.88. The Morgan fingerprint density at radius 2 is 1.30 bits per heavy atom. The minimum atomic E-state index is 0.123. The number of hydrogen-bond acceptors (Lipinski definition) is 4. The molecule has 3 heterocycles. The standard InChI is InChI=1S/C16H17N3O/c1-19-15(12-2-6-17-7-3-12)10-14(20)11-16(19)13-4-8-18-9-5-13/h2-9,15-16H,10-11H2,1H3. The minimum Gasteiger partial charge on any atom is -0.300 e. The van der Waals surface area contributed by atoms with Crippen LogP contribution in [-0.4, -0.2) is 27.7 Å². The summed E-state index contributed by atoms with van der Waals surface area (Å²) in [5.41, 5.74) is 2.30. The maximum Gasteiger partial charge on any atom is 0.136 e. The molecular formula is C16H17N3O. The number of nitrogens with zero attached hydrogens (tertiary/aromatic N) is 3. The van der Waals surface area contributed by atoms with Crippen molar-refractivity contribution < 1.29 is 4.79 Å². The molecule has 1 aliphatic rings. The number of likely N-dealkylation sites (tertiary alicyclic amines) is 1. The average Bonchev–Trinajstić information content (AvgIpc) is 2.51. The van der Waals surface area contributed by atoms with Gasteiger partial charge in [0, 0.05) is 49.7 Å². The highest BCUT2D eigenvalue weighted by molar-refractivity contribution is 5.81. The van der Waals surface area contributed by atoms with Crippen LogP contribution in [0, 0.1) is 0 Å². The molecule has 0 N–H and O–H groups in total. The summed E-state index contributed by atoms with van der Waals surface area (Å²) in [4.78, 5) is 22.5. The van der Waals surface area contributed by atoms with E-state index >= 15 is 0 Å². The van der Waals surface area contributed by atoms with Crippen molar-refractivity contribution in [1.29, 1.82) is 0 Å². The predicted octanol–water partition coefficient (Wildman–Crippen LogP) is 2.55. The maximum absolute atomic E-state index is 12.1. The van der Waals surface area contributed by atoms with Crippen LogP contribution in [0.2, 0.25) is 0 Å². The van der Waals surface area contributed by atoms with Crippen LogP contribution < -0.4 is 0 Å². The van der Waals surface area contributed by atoms with E-state index in [1.807, 2.05) is 24.3 Å². The highest BCUT2D eigenvalue weighted by Crippen LogP contribution is 2.38. The van der Waals surface area contributed by atoms with Gasteiger partial charge < -0.3 is 0 Å². The molecule has 0 saturated carbocycles. The normalized spacial score (nSPS) is 23.8. The van der Waals surface area contributed by atoms with E-state index in [9.17, 15) is 4.79 Å². The fraction of sp³-hybridized carbons (Fsp3) is 0.312. The lowest BCUT2D eigenvalue weighted by molar-refractivity contribution is -0.125. The number of pyridine rings is 2. The van der Waals surface area contributed by atoms with E-state index < -0.39 is 0 Å². The van der Waals surface area contributed by atoms with E-state index in [1.54, 1.807) is 24.8 Å². The van der Waals surface area contributed by atoms with Crippen molar-refractivity contribution in [2.75, 3.05) is 7.05 Å². The lowest BCUT2D eigenvalue weighted by Crippen LogP contribution is -2.37. The molecule has 2 aromatic rings. The number of Topliss-reactive ketones (excluding diaryl/α,β-unsaturated/α-hetero) is 1. The zero-order valence-corrected chi connectivity index (χ0v) is 11.4. The van der Waals surface area contributed by atoms with Crippen molar-refractivity contribution in [3.8, 4) is 0 Å². The van der Waals surface area contributed by atoms with E-state index in [1.165, 1.54) is 0 Å².